The average Bonchev–Trinajstić information content (AvgIpc) is 3.79. The molecule has 1 aromatic heterocycles. The Kier molecular flexibility index (Phi) is 6.98. The molecular formula is C54H42N2. The van der Waals surface area contributed by atoms with E-state index in [0.29, 0.717) is 0 Å². The maximum Gasteiger partial charge on any atom is 0.0619 e. The zero-order valence-corrected chi connectivity index (χ0v) is 32.2. The van der Waals surface area contributed by atoms with Crippen LogP contribution in [0.15, 0.2) is 182 Å². The van der Waals surface area contributed by atoms with Crippen LogP contribution in [0.3, 0.4) is 0 Å². The summed E-state index contributed by atoms with van der Waals surface area (Å²) in [6, 6.07) is 67.5. The number of benzene rings is 8. The molecule has 2 nitrogen and oxygen atoms in total. The van der Waals surface area contributed by atoms with E-state index in [1.165, 1.54) is 83.1 Å². The first-order valence-corrected chi connectivity index (χ1v) is 19.8. The summed E-state index contributed by atoms with van der Waals surface area (Å²) >= 11 is 0. The number of fused-ring (bicyclic) bond motifs is 9. The van der Waals surface area contributed by atoms with Gasteiger partial charge < -0.3 is 9.47 Å². The normalized spacial score (nSPS) is 14.4. The molecule has 268 valence electrons. The van der Waals surface area contributed by atoms with Gasteiger partial charge >= 0.3 is 0 Å². The molecule has 0 radical (unpaired) electrons. The van der Waals surface area contributed by atoms with Gasteiger partial charge in [-0.15, -0.1) is 0 Å². The summed E-state index contributed by atoms with van der Waals surface area (Å²) in [7, 11) is 0. The van der Waals surface area contributed by atoms with Gasteiger partial charge in [-0.2, -0.15) is 0 Å². The maximum atomic E-state index is 2.52. The minimum Gasteiger partial charge on any atom is -0.310 e. The summed E-state index contributed by atoms with van der Waals surface area (Å²) in [6.45, 7) is 9.45. The van der Waals surface area contributed by atoms with Crippen LogP contribution < -0.4 is 4.90 Å². The third kappa shape index (κ3) is 4.56. The fraction of sp³-hybridized carbons (Fsp3) is 0.111. The molecule has 1 heterocycles. The molecule has 8 aromatic carbocycles. The van der Waals surface area contributed by atoms with Crippen molar-refractivity contribution < 1.29 is 0 Å². The first kappa shape index (κ1) is 32.8. The second kappa shape index (κ2) is 11.9. The van der Waals surface area contributed by atoms with E-state index in [4.69, 9.17) is 0 Å². The van der Waals surface area contributed by atoms with Crippen molar-refractivity contribution in [1.82, 2.24) is 4.57 Å². The van der Waals surface area contributed by atoms with Crippen LogP contribution in [-0.4, -0.2) is 4.57 Å². The van der Waals surface area contributed by atoms with Crippen molar-refractivity contribution in [2.45, 2.75) is 38.5 Å². The van der Waals surface area contributed by atoms with E-state index in [9.17, 15) is 0 Å². The summed E-state index contributed by atoms with van der Waals surface area (Å²) in [4.78, 5) is 2.52. The van der Waals surface area contributed by atoms with E-state index < -0.39 is 0 Å². The predicted octanol–water partition coefficient (Wildman–Crippen LogP) is 14.5. The van der Waals surface area contributed by atoms with Gasteiger partial charge in [-0.3, -0.25) is 0 Å². The second-order valence-corrected chi connectivity index (χ2v) is 16.5. The van der Waals surface area contributed by atoms with E-state index in [1.807, 2.05) is 0 Å². The Labute approximate surface area is 328 Å². The minimum atomic E-state index is -0.114. The van der Waals surface area contributed by atoms with E-state index in [0.717, 1.165) is 17.1 Å². The van der Waals surface area contributed by atoms with Crippen LogP contribution in [0.2, 0.25) is 0 Å². The fourth-order valence-electron chi connectivity index (χ4n) is 10.1. The van der Waals surface area contributed by atoms with Crippen LogP contribution >= 0.6 is 0 Å². The molecule has 11 rings (SSSR count). The Morgan fingerprint density at radius 2 is 1.00 bits per heavy atom. The molecule has 2 heteroatoms. The monoisotopic (exact) mass is 718 g/mol. The van der Waals surface area contributed by atoms with Gasteiger partial charge in [0.05, 0.1) is 16.7 Å². The summed E-state index contributed by atoms with van der Waals surface area (Å²) in [5.74, 6) is 0. The fourth-order valence-corrected chi connectivity index (χ4v) is 10.1. The number of nitrogens with zero attached hydrogens (tertiary/aromatic N) is 2. The zero-order valence-electron chi connectivity index (χ0n) is 32.2. The average molecular weight is 719 g/mol. The van der Waals surface area contributed by atoms with Gasteiger partial charge in [0.2, 0.25) is 0 Å². The van der Waals surface area contributed by atoms with Gasteiger partial charge in [0.15, 0.2) is 0 Å². The lowest BCUT2D eigenvalue weighted by atomic mass is 9.82. The number of rotatable bonds is 5. The minimum absolute atomic E-state index is 0.0674. The van der Waals surface area contributed by atoms with Gasteiger partial charge in [-0.25, -0.2) is 0 Å². The lowest BCUT2D eigenvalue weighted by Crippen LogP contribution is -2.16. The third-order valence-corrected chi connectivity index (χ3v) is 12.8. The van der Waals surface area contributed by atoms with E-state index in [1.54, 1.807) is 0 Å². The maximum absolute atomic E-state index is 2.52. The van der Waals surface area contributed by atoms with Crippen molar-refractivity contribution in [3.8, 4) is 39.1 Å². The molecule has 0 aliphatic heterocycles. The molecule has 2 aliphatic carbocycles. The SMILES string of the molecule is CC1(C)c2ccccc2-c2cc(N(c3cccc(-c4cccc5c6ccccc6n(-c6ccccc6)c45)c3)c3cccc4c3-c3ccccc3C4(C)C)ccc21. The lowest BCUT2D eigenvalue weighted by molar-refractivity contribution is 0.660. The highest BCUT2D eigenvalue weighted by Gasteiger charge is 2.39. The predicted molar refractivity (Wildman–Crippen MR) is 236 cm³/mol. The van der Waals surface area contributed by atoms with Crippen molar-refractivity contribution in [1.29, 1.82) is 0 Å². The van der Waals surface area contributed by atoms with Crippen LogP contribution in [0.1, 0.15) is 49.9 Å². The Hall–Kier alpha value is -6.64. The van der Waals surface area contributed by atoms with Crippen LogP contribution in [0.5, 0.6) is 0 Å². The van der Waals surface area contributed by atoms with E-state index in [2.05, 4.69) is 219 Å². The molecule has 0 bridgehead atoms. The standard InChI is InChI=1S/C54H42N2/c1-53(2)45-26-11-8-21-40(45)44-34-38(31-32-47(44)53)55(50-30-16-28-48-51(50)43-23-9-12-27-46(43)54(48,3)4)37-20-14-17-35(33-37)39-24-15-25-42-41-22-10-13-29-49(41)56(52(39)42)36-18-6-5-7-19-36/h5-34H,1-4H3. The van der Waals surface area contributed by atoms with Crippen molar-refractivity contribution in [3.05, 3.63) is 204 Å². The van der Waals surface area contributed by atoms with Crippen molar-refractivity contribution in [3.63, 3.8) is 0 Å². The van der Waals surface area contributed by atoms with Crippen molar-refractivity contribution in [2.75, 3.05) is 4.90 Å². The van der Waals surface area contributed by atoms with Crippen LogP contribution in [0, 0.1) is 0 Å². The second-order valence-electron chi connectivity index (χ2n) is 16.5. The number of hydrogen-bond acceptors (Lipinski definition) is 1. The highest BCUT2D eigenvalue weighted by Crippen LogP contribution is 2.56. The Morgan fingerprint density at radius 3 is 1.84 bits per heavy atom. The number of anilines is 3. The Bertz CT molecular complexity index is 3030. The van der Waals surface area contributed by atoms with Crippen molar-refractivity contribution >= 4 is 38.9 Å². The summed E-state index contributed by atoms with van der Waals surface area (Å²) in [6.07, 6.45) is 0. The van der Waals surface area contributed by atoms with Gasteiger partial charge in [0.25, 0.3) is 0 Å². The molecule has 0 atom stereocenters. The van der Waals surface area contributed by atoms with E-state index >= 15 is 0 Å². The van der Waals surface area contributed by atoms with Gasteiger partial charge in [-0.05, 0) is 93.0 Å². The molecular weight excluding hydrogens is 677 g/mol. The summed E-state index contributed by atoms with van der Waals surface area (Å²) in [5, 5.41) is 2.51. The Balaban J connectivity index is 1.17. The summed E-state index contributed by atoms with van der Waals surface area (Å²) < 4.78 is 2.44. The first-order valence-electron chi connectivity index (χ1n) is 19.8. The molecule has 0 fully saturated rings. The first-order chi connectivity index (χ1) is 27.3. The molecule has 0 amide bonds. The largest absolute Gasteiger partial charge is 0.310 e. The quantitative estimate of drug-likeness (QED) is 0.172. The highest BCUT2D eigenvalue weighted by atomic mass is 15.1. The smallest absolute Gasteiger partial charge is 0.0619 e. The summed E-state index contributed by atoms with van der Waals surface area (Å²) in [5.41, 5.74) is 20.0. The number of aromatic nitrogens is 1. The van der Waals surface area contributed by atoms with E-state index in [-0.39, 0.29) is 10.8 Å². The zero-order chi connectivity index (χ0) is 37.8. The van der Waals surface area contributed by atoms with Crippen LogP contribution in [0.4, 0.5) is 17.1 Å². The molecule has 2 aliphatic rings. The van der Waals surface area contributed by atoms with Gasteiger partial charge in [0.1, 0.15) is 0 Å². The van der Waals surface area contributed by atoms with Gasteiger partial charge in [0, 0.05) is 49.8 Å². The molecule has 0 spiro atoms. The molecule has 0 N–H and O–H groups in total. The molecule has 0 saturated heterocycles. The van der Waals surface area contributed by atoms with Crippen molar-refractivity contribution in [2.24, 2.45) is 0 Å². The molecule has 0 unspecified atom stereocenters. The van der Waals surface area contributed by atoms with Gasteiger partial charge in [-0.1, -0.05) is 161 Å². The number of para-hydroxylation sites is 3. The highest BCUT2D eigenvalue weighted by molar-refractivity contribution is 6.14. The molecule has 9 aromatic rings. The number of hydrogen-bond donors (Lipinski definition) is 0. The molecule has 0 saturated carbocycles. The molecule has 56 heavy (non-hydrogen) atoms. The third-order valence-electron chi connectivity index (χ3n) is 12.8. The van der Waals surface area contributed by atoms with Crippen LogP contribution in [0.25, 0.3) is 60.9 Å². The topological polar surface area (TPSA) is 8.17 Å². The Morgan fingerprint density at radius 1 is 0.411 bits per heavy atom. The lowest BCUT2D eigenvalue weighted by Gasteiger charge is -2.30. The van der Waals surface area contributed by atoms with Crippen LogP contribution in [-0.2, 0) is 10.8 Å².